The van der Waals surface area contributed by atoms with Gasteiger partial charge in [-0.1, -0.05) is 0 Å². The van der Waals surface area contributed by atoms with Crippen molar-refractivity contribution in [2.45, 2.75) is 13.3 Å². The minimum Gasteiger partial charge on any atom is -0.465 e. The van der Waals surface area contributed by atoms with Crippen molar-refractivity contribution < 1.29 is 14.3 Å². The summed E-state index contributed by atoms with van der Waals surface area (Å²) in [6.07, 6.45) is 2.37. The third-order valence-electron chi connectivity index (χ3n) is 2.36. The number of nitrogens with two attached hydrogens (primary N) is 1. The molecule has 1 aromatic rings. The summed E-state index contributed by atoms with van der Waals surface area (Å²) >= 11 is 0. The molecular formula is C12H19N3O3. The molecule has 0 aromatic carbocycles. The van der Waals surface area contributed by atoms with E-state index >= 15 is 0 Å². The maximum atomic E-state index is 11.4. The molecule has 0 unspecified atom stereocenters. The first-order valence-electron chi connectivity index (χ1n) is 5.85. The normalized spacial score (nSPS) is 10.1. The average molecular weight is 253 g/mol. The van der Waals surface area contributed by atoms with Gasteiger partial charge in [0.05, 0.1) is 18.4 Å². The molecule has 0 saturated carbocycles. The van der Waals surface area contributed by atoms with Gasteiger partial charge < -0.3 is 20.5 Å². The zero-order chi connectivity index (χ0) is 13.4. The molecule has 0 aliphatic rings. The first-order valence-corrected chi connectivity index (χ1v) is 5.85. The molecule has 0 atom stereocenters. The number of nitrogen functional groups attached to an aromatic ring is 1. The number of nitrogens with zero attached hydrogens (tertiary/aromatic N) is 1. The molecule has 1 rings (SSSR count). The number of rotatable bonds is 7. The number of ether oxygens (including phenoxy) is 2. The molecule has 0 saturated heterocycles. The van der Waals surface area contributed by atoms with Crippen LogP contribution in [0.4, 0.5) is 11.5 Å². The van der Waals surface area contributed by atoms with E-state index in [4.69, 9.17) is 10.5 Å². The van der Waals surface area contributed by atoms with Crippen molar-refractivity contribution in [1.29, 1.82) is 0 Å². The Labute approximate surface area is 106 Å². The number of pyridine rings is 1. The van der Waals surface area contributed by atoms with E-state index in [0.717, 1.165) is 6.42 Å². The summed E-state index contributed by atoms with van der Waals surface area (Å²) in [5.41, 5.74) is 6.47. The summed E-state index contributed by atoms with van der Waals surface area (Å²) in [4.78, 5) is 15.5. The highest BCUT2D eigenvalue weighted by Crippen LogP contribution is 2.20. The van der Waals surface area contributed by atoms with E-state index in [2.05, 4.69) is 15.0 Å². The van der Waals surface area contributed by atoms with Gasteiger partial charge in [-0.15, -0.1) is 0 Å². The fourth-order valence-corrected chi connectivity index (χ4v) is 1.43. The zero-order valence-corrected chi connectivity index (χ0v) is 10.7. The highest BCUT2D eigenvalue weighted by atomic mass is 16.5. The summed E-state index contributed by atoms with van der Waals surface area (Å²) in [5, 5.41) is 3.07. The summed E-state index contributed by atoms with van der Waals surface area (Å²) in [5.74, 6) is 0.0293. The number of esters is 1. The summed E-state index contributed by atoms with van der Waals surface area (Å²) in [7, 11) is 1.32. The second-order valence-corrected chi connectivity index (χ2v) is 3.59. The number of anilines is 2. The Balaban J connectivity index is 2.58. The molecule has 3 N–H and O–H groups in total. The lowest BCUT2D eigenvalue weighted by atomic mass is 10.2. The van der Waals surface area contributed by atoms with Gasteiger partial charge in [-0.3, -0.25) is 0 Å². The van der Waals surface area contributed by atoms with Gasteiger partial charge in [0, 0.05) is 26.0 Å². The van der Waals surface area contributed by atoms with Crippen LogP contribution >= 0.6 is 0 Å². The quantitative estimate of drug-likeness (QED) is 0.562. The fraction of sp³-hybridized carbons (Fsp3) is 0.500. The highest BCUT2D eigenvalue weighted by Gasteiger charge is 2.13. The lowest BCUT2D eigenvalue weighted by Crippen LogP contribution is -2.12. The van der Waals surface area contributed by atoms with E-state index < -0.39 is 5.97 Å². The predicted octanol–water partition coefficient (Wildman–Crippen LogP) is 1.29. The Bertz CT molecular complexity index is 396. The SMILES string of the molecule is CCOCCCNc1nccc(C(=O)OC)c1N. The molecule has 0 aliphatic carbocycles. The largest absolute Gasteiger partial charge is 0.465 e. The van der Waals surface area contributed by atoms with Crippen molar-refractivity contribution in [3.63, 3.8) is 0 Å². The van der Waals surface area contributed by atoms with Crippen LogP contribution < -0.4 is 11.1 Å². The van der Waals surface area contributed by atoms with Crippen molar-refractivity contribution in [1.82, 2.24) is 4.98 Å². The summed E-state index contributed by atoms with van der Waals surface area (Å²) < 4.78 is 9.85. The molecule has 0 radical (unpaired) electrons. The fourth-order valence-electron chi connectivity index (χ4n) is 1.43. The molecule has 18 heavy (non-hydrogen) atoms. The topological polar surface area (TPSA) is 86.5 Å². The predicted molar refractivity (Wildman–Crippen MR) is 69.6 cm³/mol. The van der Waals surface area contributed by atoms with Gasteiger partial charge in [0.2, 0.25) is 0 Å². The summed E-state index contributed by atoms with van der Waals surface area (Å²) in [6, 6.07) is 1.53. The van der Waals surface area contributed by atoms with E-state index in [1.54, 1.807) is 0 Å². The van der Waals surface area contributed by atoms with E-state index in [0.29, 0.717) is 36.8 Å². The van der Waals surface area contributed by atoms with Crippen molar-refractivity contribution in [3.8, 4) is 0 Å². The number of methoxy groups -OCH3 is 1. The van der Waals surface area contributed by atoms with E-state index in [1.165, 1.54) is 19.4 Å². The molecule has 100 valence electrons. The molecule has 0 spiro atoms. The van der Waals surface area contributed by atoms with Gasteiger partial charge in [-0.25, -0.2) is 9.78 Å². The average Bonchev–Trinajstić information content (AvgIpc) is 2.39. The Hall–Kier alpha value is -1.82. The maximum Gasteiger partial charge on any atom is 0.340 e. The van der Waals surface area contributed by atoms with E-state index in [-0.39, 0.29) is 0 Å². The Morgan fingerprint density at radius 3 is 3.00 bits per heavy atom. The monoisotopic (exact) mass is 253 g/mol. The highest BCUT2D eigenvalue weighted by molar-refractivity contribution is 5.97. The Morgan fingerprint density at radius 2 is 2.33 bits per heavy atom. The maximum absolute atomic E-state index is 11.4. The standard InChI is InChI=1S/C12H19N3O3/c1-3-18-8-4-6-14-11-10(13)9(5-7-15-11)12(16)17-2/h5,7H,3-4,6,8,13H2,1-2H3,(H,14,15). The molecule has 1 heterocycles. The van der Waals surface area contributed by atoms with Gasteiger partial charge in [-0.05, 0) is 19.4 Å². The lowest BCUT2D eigenvalue weighted by molar-refractivity contribution is 0.0602. The van der Waals surface area contributed by atoms with Crippen molar-refractivity contribution >= 4 is 17.5 Å². The first-order chi connectivity index (χ1) is 8.70. The van der Waals surface area contributed by atoms with Gasteiger partial charge in [-0.2, -0.15) is 0 Å². The van der Waals surface area contributed by atoms with Gasteiger partial charge in [0.25, 0.3) is 0 Å². The number of hydrogen-bond acceptors (Lipinski definition) is 6. The summed E-state index contributed by atoms with van der Waals surface area (Å²) in [6.45, 7) is 4.02. The van der Waals surface area contributed by atoms with Crippen LogP contribution in [0.3, 0.4) is 0 Å². The van der Waals surface area contributed by atoms with Crippen LogP contribution in [0.25, 0.3) is 0 Å². The minimum atomic E-state index is -0.465. The molecule has 1 aromatic heterocycles. The Kier molecular flexibility index (Phi) is 5.93. The molecule has 6 nitrogen and oxygen atoms in total. The number of carbonyl (C=O) groups excluding carboxylic acids is 1. The van der Waals surface area contributed by atoms with Crippen LogP contribution in [-0.4, -0.2) is 37.8 Å². The molecular weight excluding hydrogens is 234 g/mol. The van der Waals surface area contributed by atoms with Crippen LogP contribution in [0, 0.1) is 0 Å². The van der Waals surface area contributed by atoms with Crippen LogP contribution in [0.5, 0.6) is 0 Å². The first kappa shape index (κ1) is 14.2. The minimum absolute atomic E-state index is 0.306. The van der Waals surface area contributed by atoms with Gasteiger partial charge >= 0.3 is 5.97 Å². The third-order valence-corrected chi connectivity index (χ3v) is 2.36. The molecule has 0 aliphatic heterocycles. The molecule has 0 amide bonds. The second-order valence-electron chi connectivity index (χ2n) is 3.59. The van der Waals surface area contributed by atoms with E-state index in [1.807, 2.05) is 6.92 Å². The smallest absolute Gasteiger partial charge is 0.340 e. The molecule has 6 heteroatoms. The Morgan fingerprint density at radius 1 is 1.56 bits per heavy atom. The number of hydrogen-bond donors (Lipinski definition) is 2. The van der Waals surface area contributed by atoms with Gasteiger partial charge in [0.15, 0.2) is 0 Å². The zero-order valence-electron chi connectivity index (χ0n) is 10.7. The lowest BCUT2D eigenvalue weighted by Gasteiger charge is -2.10. The third kappa shape index (κ3) is 3.89. The van der Waals surface area contributed by atoms with E-state index in [9.17, 15) is 4.79 Å². The molecule has 0 bridgehead atoms. The molecule has 0 fully saturated rings. The van der Waals surface area contributed by atoms with Crippen LogP contribution in [0.1, 0.15) is 23.7 Å². The number of nitrogens with one attached hydrogen (secondary N) is 1. The number of aromatic nitrogens is 1. The van der Waals surface area contributed by atoms with Crippen LogP contribution in [-0.2, 0) is 9.47 Å². The van der Waals surface area contributed by atoms with Crippen molar-refractivity contribution in [2.75, 3.05) is 37.9 Å². The van der Waals surface area contributed by atoms with Crippen molar-refractivity contribution in [2.24, 2.45) is 0 Å². The van der Waals surface area contributed by atoms with Crippen LogP contribution in [0.2, 0.25) is 0 Å². The van der Waals surface area contributed by atoms with Crippen LogP contribution in [0.15, 0.2) is 12.3 Å². The second kappa shape index (κ2) is 7.50. The number of carbonyl (C=O) groups is 1. The van der Waals surface area contributed by atoms with Crippen molar-refractivity contribution in [3.05, 3.63) is 17.8 Å². The van der Waals surface area contributed by atoms with Gasteiger partial charge in [0.1, 0.15) is 5.82 Å².